The molecule has 0 atom stereocenters. The lowest BCUT2D eigenvalue weighted by Gasteiger charge is -2.18. The van der Waals surface area contributed by atoms with Crippen molar-refractivity contribution in [1.29, 1.82) is 0 Å². The van der Waals surface area contributed by atoms with E-state index in [9.17, 15) is 4.79 Å². The van der Waals surface area contributed by atoms with Crippen LogP contribution in [0, 0.1) is 0 Å². The smallest absolute Gasteiger partial charge is 0.272 e. The number of furan rings is 1. The first kappa shape index (κ1) is 17.7. The highest BCUT2D eigenvalue weighted by Gasteiger charge is 2.17. The van der Waals surface area contributed by atoms with Gasteiger partial charge >= 0.3 is 0 Å². The molecule has 0 radical (unpaired) electrons. The molecule has 6 nitrogen and oxygen atoms in total. The van der Waals surface area contributed by atoms with Crippen LogP contribution in [0.4, 0.5) is 5.82 Å². The average Bonchev–Trinajstić information content (AvgIpc) is 3.21. The van der Waals surface area contributed by atoms with Gasteiger partial charge in [0, 0.05) is 24.7 Å². The van der Waals surface area contributed by atoms with Crippen LogP contribution in [0.3, 0.4) is 0 Å². The fraction of sp³-hybridized carbons (Fsp3) is 0.250. The standard InChI is InChI=1S/C20H22N4O2/c1-3-24(4-2)20(25)17-13-18(21-14-16-11-8-12-26-16)23-19(22-17)15-9-6-5-7-10-15/h5-13H,3-4,14H2,1-2H3,(H,21,22,23). The fourth-order valence-electron chi connectivity index (χ4n) is 2.63. The number of carbonyl (C=O) groups is 1. The molecule has 134 valence electrons. The molecule has 0 aliphatic heterocycles. The Balaban J connectivity index is 1.94. The van der Waals surface area contributed by atoms with Crippen LogP contribution >= 0.6 is 0 Å². The van der Waals surface area contributed by atoms with Gasteiger partial charge in [0.05, 0.1) is 12.8 Å². The lowest BCUT2D eigenvalue weighted by Crippen LogP contribution is -2.31. The third kappa shape index (κ3) is 4.08. The summed E-state index contributed by atoms with van der Waals surface area (Å²) in [5, 5.41) is 3.21. The van der Waals surface area contributed by atoms with Crippen LogP contribution in [0.2, 0.25) is 0 Å². The highest BCUT2D eigenvalue weighted by molar-refractivity contribution is 5.93. The van der Waals surface area contributed by atoms with E-state index in [0.29, 0.717) is 37.0 Å². The van der Waals surface area contributed by atoms with Gasteiger partial charge in [0.15, 0.2) is 5.82 Å². The van der Waals surface area contributed by atoms with Crippen molar-refractivity contribution in [2.75, 3.05) is 18.4 Å². The Hall–Kier alpha value is -3.15. The maximum atomic E-state index is 12.8. The van der Waals surface area contributed by atoms with Crippen molar-refractivity contribution in [2.24, 2.45) is 0 Å². The molecule has 2 heterocycles. The Morgan fingerprint density at radius 3 is 2.50 bits per heavy atom. The number of carbonyl (C=O) groups excluding carboxylic acids is 1. The third-order valence-electron chi connectivity index (χ3n) is 4.05. The van der Waals surface area contributed by atoms with Crippen LogP contribution in [0.25, 0.3) is 11.4 Å². The molecule has 0 fully saturated rings. The van der Waals surface area contributed by atoms with Crippen LogP contribution in [-0.2, 0) is 6.54 Å². The molecule has 0 saturated heterocycles. The van der Waals surface area contributed by atoms with E-state index in [-0.39, 0.29) is 5.91 Å². The lowest BCUT2D eigenvalue weighted by molar-refractivity contribution is 0.0767. The van der Waals surface area contributed by atoms with Crippen molar-refractivity contribution in [3.05, 3.63) is 66.2 Å². The van der Waals surface area contributed by atoms with E-state index in [1.807, 2.05) is 56.3 Å². The second kappa shape index (κ2) is 8.29. The molecule has 0 unspecified atom stereocenters. The summed E-state index contributed by atoms with van der Waals surface area (Å²) in [6, 6.07) is 15.0. The Morgan fingerprint density at radius 2 is 1.85 bits per heavy atom. The van der Waals surface area contributed by atoms with Gasteiger partial charge in [-0.15, -0.1) is 0 Å². The molecule has 6 heteroatoms. The molecule has 0 bridgehead atoms. The molecular formula is C20H22N4O2. The fourth-order valence-corrected chi connectivity index (χ4v) is 2.63. The number of aromatic nitrogens is 2. The predicted octanol–water partition coefficient (Wildman–Crippen LogP) is 3.83. The molecular weight excluding hydrogens is 328 g/mol. The SMILES string of the molecule is CCN(CC)C(=O)c1cc(NCc2ccco2)nc(-c2ccccc2)n1. The first-order valence-electron chi connectivity index (χ1n) is 8.71. The highest BCUT2D eigenvalue weighted by Crippen LogP contribution is 2.19. The molecule has 1 aromatic carbocycles. The number of anilines is 1. The summed E-state index contributed by atoms with van der Waals surface area (Å²) in [5.74, 6) is 1.80. The van der Waals surface area contributed by atoms with Crippen LogP contribution < -0.4 is 5.32 Å². The summed E-state index contributed by atoms with van der Waals surface area (Å²) >= 11 is 0. The van der Waals surface area contributed by atoms with Crippen molar-refractivity contribution >= 4 is 11.7 Å². The van der Waals surface area contributed by atoms with E-state index in [4.69, 9.17) is 4.42 Å². The number of amides is 1. The lowest BCUT2D eigenvalue weighted by atomic mass is 10.2. The maximum absolute atomic E-state index is 12.8. The molecule has 0 aliphatic rings. The Kier molecular flexibility index (Phi) is 5.63. The molecule has 2 aromatic heterocycles. The Bertz CT molecular complexity index is 844. The zero-order valence-corrected chi connectivity index (χ0v) is 15.0. The first-order chi connectivity index (χ1) is 12.7. The number of benzene rings is 1. The monoisotopic (exact) mass is 350 g/mol. The third-order valence-corrected chi connectivity index (χ3v) is 4.05. The zero-order chi connectivity index (χ0) is 18.4. The predicted molar refractivity (Wildman–Crippen MR) is 101 cm³/mol. The number of hydrogen-bond acceptors (Lipinski definition) is 5. The molecule has 0 saturated carbocycles. The topological polar surface area (TPSA) is 71.3 Å². The van der Waals surface area contributed by atoms with Gasteiger partial charge in [-0.05, 0) is 26.0 Å². The minimum atomic E-state index is -0.101. The van der Waals surface area contributed by atoms with Crippen LogP contribution in [-0.4, -0.2) is 33.9 Å². The van der Waals surface area contributed by atoms with E-state index in [0.717, 1.165) is 11.3 Å². The number of hydrogen-bond donors (Lipinski definition) is 1. The second-order valence-corrected chi connectivity index (χ2v) is 5.74. The van der Waals surface area contributed by atoms with Crippen molar-refractivity contribution in [1.82, 2.24) is 14.9 Å². The summed E-state index contributed by atoms with van der Waals surface area (Å²) < 4.78 is 5.34. The number of nitrogens with one attached hydrogen (secondary N) is 1. The van der Waals surface area contributed by atoms with Gasteiger partial charge in [0.2, 0.25) is 0 Å². The van der Waals surface area contributed by atoms with Gasteiger partial charge in [-0.3, -0.25) is 4.79 Å². The molecule has 3 rings (SSSR count). The number of nitrogens with zero attached hydrogens (tertiary/aromatic N) is 3. The van der Waals surface area contributed by atoms with Crippen molar-refractivity contribution in [3.63, 3.8) is 0 Å². The summed E-state index contributed by atoms with van der Waals surface area (Å²) in [6.07, 6.45) is 1.63. The minimum Gasteiger partial charge on any atom is -0.467 e. The molecule has 0 spiro atoms. The number of rotatable bonds is 7. The largest absolute Gasteiger partial charge is 0.467 e. The van der Waals surface area contributed by atoms with E-state index in [2.05, 4.69) is 15.3 Å². The summed E-state index contributed by atoms with van der Waals surface area (Å²) in [6.45, 7) is 5.66. The summed E-state index contributed by atoms with van der Waals surface area (Å²) in [7, 11) is 0. The van der Waals surface area contributed by atoms with Gasteiger partial charge in [0.1, 0.15) is 17.3 Å². The van der Waals surface area contributed by atoms with Crippen molar-refractivity contribution < 1.29 is 9.21 Å². The average molecular weight is 350 g/mol. The molecule has 0 aliphatic carbocycles. The molecule has 1 N–H and O–H groups in total. The van der Waals surface area contributed by atoms with E-state index in [1.165, 1.54) is 0 Å². The molecule has 3 aromatic rings. The van der Waals surface area contributed by atoms with Gasteiger partial charge in [-0.1, -0.05) is 30.3 Å². The van der Waals surface area contributed by atoms with Crippen molar-refractivity contribution in [3.8, 4) is 11.4 Å². The zero-order valence-electron chi connectivity index (χ0n) is 15.0. The van der Waals surface area contributed by atoms with E-state index >= 15 is 0 Å². The molecule has 1 amide bonds. The van der Waals surface area contributed by atoms with E-state index in [1.54, 1.807) is 17.2 Å². The Morgan fingerprint density at radius 1 is 1.08 bits per heavy atom. The van der Waals surface area contributed by atoms with Crippen molar-refractivity contribution in [2.45, 2.75) is 20.4 Å². The van der Waals surface area contributed by atoms with Crippen LogP contribution in [0.5, 0.6) is 0 Å². The summed E-state index contributed by atoms with van der Waals surface area (Å²) in [4.78, 5) is 23.6. The highest BCUT2D eigenvalue weighted by atomic mass is 16.3. The maximum Gasteiger partial charge on any atom is 0.272 e. The Labute approximate surface area is 152 Å². The van der Waals surface area contributed by atoms with Gasteiger partial charge in [-0.2, -0.15) is 0 Å². The van der Waals surface area contributed by atoms with Crippen LogP contribution in [0.15, 0.2) is 59.2 Å². The first-order valence-corrected chi connectivity index (χ1v) is 8.71. The van der Waals surface area contributed by atoms with E-state index < -0.39 is 0 Å². The summed E-state index contributed by atoms with van der Waals surface area (Å²) in [5.41, 5.74) is 1.24. The van der Waals surface area contributed by atoms with Gasteiger partial charge in [-0.25, -0.2) is 9.97 Å². The molecule has 26 heavy (non-hydrogen) atoms. The van der Waals surface area contributed by atoms with Crippen LogP contribution in [0.1, 0.15) is 30.1 Å². The van der Waals surface area contributed by atoms with Gasteiger partial charge < -0.3 is 14.6 Å². The normalized spacial score (nSPS) is 10.5. The quantitative estimate of drug-likeness (QED) is 0.701. The second-order valence-electron chi connectivity index (χ2n) is 5.74. The van der Waals surface area contributed by atoms with Gasteiger partial charge in [0.25, 0.3) is 5.91 Å². The minimum absolute atomic E-state index is 0.101.